The summed E-state index contributed by atoms with van der Waals surface area (Å²) in [5, 5.41) is 1.19. The molecule has 25 heavy (non-hydrogen) atoms. The summed E-state index contributed by atoms with van der Waals surface area (Å²) in [4.78, 5) is 17.4. The van der Waals surface area contributed by atoms with Gasteiger partial charge in [0.05, 0.1) is 5.52 Å². The molecule has 132 valence electrons. The van der Waals surface area contributed by atoms with E-state index < -0.39 is 0 Å². The number of carbonyl (C=O) groups is 1. The highest BCUT2D eigenvalue weighted by Crippen LogP contribution is 2.25. The van der Waals surface area contributed by atoms with Crippen LogP contribution in [0, 0.1) is 6.92 Å². The molecule has 3 rings (SSSR count). The first-order valence-electron chi connectivity index (χ1n) is 8.92. The summed E-state index contributed by atoms with van der Waals surface area (Å²) >= 11 is 0. The lowest BCUT2D eigenvalue weighted by atomic mass is 10.1. The van der Waals surface area contributed by atoms with E-state index in [2.05, 4.69) is 62.0 Å². The number of likely N-dealkylation sites (N-methyl/N-ethyl adjacent to an activating group) is 1. The predicted molar refractivity (Wildman–Crippen MR) is 104 cm³/mol. The van der Waals surface area contributed by atoms with Gasteiger partial charge in [-0.3, -0.25) is 9.36 Å². The lowest BCUT2D eigenvalue weighted by molar-refractivity contribution is 0.0955. The zero-order valence-corrected chi connectivity index (χ0v) is 15.6. The van der Waals surface area contributed by atoms with Gasteiger partial charge in [-0.25, -0.2) is 0 Å². The largest absolute Gasteiger partial charge is 0.354 e. The first kappa shape index (κ1) is 17.5. The van der Waals surface area contributed by atoms with Gasteiger partial charge in [0.2, 0.25) is 0 Å². The number of hydrogen-bond donors (Lipinski definition) is 0. The Morgan fingerprint density at radius 3 is 2.80 bits per heavy atom. The van der Waals surface area contributed by atoms with Gasteiger partial charge in [-0.05, 0) is 64.7 Å². The highest BCUT2D eigenvalue weighted by Gasteiger charge is 2.18. The highest BCUT2D eigenvalue weighted by molar-refractivity contribution is 6.03. The molecule has 0 unspecified atom stereocenters. The van der Waals surface area contributed by atoms with E-state index in [1.54, 1.807) is 0 Å². The average molecular weight is 337 g/mol. The lowest BCUT2D eigenvalue weighted by Crippen LogP contribution is -2.19. The maximum absolute atomic E-state index is 13.1. The molecule has 1 aliphatic heterocycles. The Morgan fingerprint density at radius 1 is 1.28 bits per heavy atom. The topological polar surface area (TPSA) is 28.5 Å². The van der Waals surface area contributed by atoms with Crippen molar-refractivity contribution >= 4 is 16.8 Å². The van der Waals surface area contributed by atoms with E-state index in [1.165, 1.54) is 16.5 Å². The molecule has 1 aromatic heterocycles. The van der Waals surface area contributed by atoms with E-state index in [4.69, 9.17) is 0 Å². The molecule has 0 amide bonds. The molecule has 0 spiro atoms. The Hall–Kier alpha value is -2.33. The Labute approximate surface area is 150 Å². The van der Waals surface area contributed by atoms with Crippen LogP contribution in [0.25, 0.3) is 10.9 Å². The fraction of sp³-hybridized carbons (Fsp3) is 0.381. The molecule has 0 fully saturated rings. The quantitative estimate of drug-likeness (QED) is 0.830. The van der Waals surface area contributed by atoms with Crippen molar-refractivity contribution in [3.8, 4) is 0 Å². The summed E-state index contributed by atoms with van der Waals surface area (Å²) in [5.41, 5.74) is 4.30. The van der Waals surface area contributed by atoms with Gasteiger partial charge in [0.1, 0.15) is 0 Å². The van der Waals surface area contributed by atoms with Crippen LogP contribution in [0.15, 0.2) is 48.4 Å². The van der Waals surface area contributed by atoms with Crippen molar-refractivity contribution in [2.24, 2.45) is 0 Å². The van der Waals surface area contributed by atoms with Crippen LogP contribution in [-0.2, 0) is 6.42 Å². The third kappa shape index (κ3) is 3.69. The Kier molecular flexibility index (Phi) is 5.09. The lowest BCUT2D eigenvalue weighted by Gasteiger charge is -2.19. The number of benzene rings is 1. The fourth-order valence-corrected chi connectivity index (χ4v) is 3.23. The van der Waals surface area contributed by atoms with E-state index in [9.17, 15) is 4.79 Å². The monoisotopic (exact) mass is 337 g/mol. The molecule has 0 bridgehead atoms. The molecule has 1 aliphatic rings. The molecule has 0 saturated heterocycles. The molecule has 4 heteroatoms. The summed E-state index contributed by atoms with van der Waals surface area (Å²) in [6.45, 7) is 6.02. The second-order valence-corrected chi connectivity index (χ2v) is 6.98. The number of carbonyl (C=O) groups excluding carboxylic acids is 1. The Balaban J connectivity index is 2.01. The minimum atomic E-state index is 0.0766. The highest BCUT2D eigenvalue weighted by atomic mass is 16.2. The van der Waals surface area contributed by atoms with Gasteiger partial charge in [-0.1, -0.05) is 17.7 Å². The average Bonchev–Trinajstić information content (AvgIpc) is 2.97. The summed E-state index contributed by atoms with van der Waals surface area (Å²) in [6, 6.07) is 6.34. The second kappa shape index (κ2) is 7.28. The van der Waals surface area contributed by atoms with Gasteiger partial charge in [0.15, 0.2) is 0 Å². The molecule has 0 N–H and O–H groups in total. The van der Waals surface area contributed by atoms with Gasteiger partial charge >= 0.3 is 0 Å². The van der Waals surface area contributed by atoms with E-state index >= 15 is 0 Å². The van der Waals surface area contributed by atoms with Crippen molar-refractivity contribution < 1.29 is 4.79 Å². The molecular weight excluding hydrogens is 310 g/mol. The van der Waals surface area contributed by atoms with E-state index in [0.717, 1.165) is 30.6 Å². The normalized spacial score (nSPS) is 14.4. The van der Waals surface area contributed by atoms with Crippen molar-refractivity contribution in [3.05, 3.63) is 59.6 Å². The number of allylic oxidation sites excluding steroid dienone is 2. The van der Waals surface area contributed by atoms with Gasteiger partial charge in [0, 0.05) is 36.4 Å². The molecule has 2 aromatic rings. The van der Waals surface area contributed by atoms with Crippen molar-refractivity contribution in [2.45, 2.75) is 26.7 Å². The van der Waals surface area contributed by atoms with Crippen LogP contribution in [0.1, 0.15) is 29.3 Å². The number of fused-ring (bicyclic) bond motifs is 1. The predicted octanol–water partition coefficient (Wildman–Crippen LogP) is 3.82. The first-order valence-corrected chi connectivity index (χ1v) is 8.92. The Morgan fingerprint density at radius 2 is 2.08 bits per heavy atom. The minimum Gasteiger partial charge on any atom is -0.354 e. The Bertz CT molecular complexity index is 842. The minimum absolute atomic E-state index is 0.0766. The molecule has 2 heterocycles. The molecule has 0 saturated carbocycles. The van der Waals surface area contributed by atoms with Gasteiger partial charge < -0.3 is 9.80 Å². The van der Waals surface area contributed by atoms with Crippen molar-refractivity contribution in [2.75, 3.05) is 27.2 Å². The second-order valence-electron chi connectivity index (χ2n) is 6.98. The summed E-state index contributed by atoms with van der Waals surface area (Å²) in [7, 11) is 4.15. The number of aryl methyl sites for hydroxylation is 1. The smallest absolute Gasteiger partial charge is 0.260 e. The van der Waals surface area contributed by atoms with Gasteiger partial charge in [0.25, 0.3) is 5.91 Å². The zero-order chi connectivity index (χ0) is 18.0. The molecule has 1 aromatic carbocycles. The maximum atomic E-state index is 13.1. The SMILES string of the molecule is CCN1C=CCC(C(=O)n2cc(CCN(C)C)c3cc(C)ccc32)=C1. The molecule has 0 radical (unpaired) electrons. The summed E-state index contributed by atoms with van der Waals surface area (Å²) in [6.07, 6.45) is 9.73. The number of aromatic nitrogens is 1. The van der Waals surface area contributed by atoms with Crippen LogP contribution in [0.4, 0.5) is 0 Å². The van der Waals surface area contributed by atoms with Crippen LogP contribution < -0.4 is 0 Å². The standard InChI is InChI=1S/C21H27N3O/c1-5-23-11-6-7-18(14-23)21(25)24-15-17(10-12-22(3)4)19-13-16(2)8-9-20(19)24/h6,8-9,11,13-15H,5,7,10,12H2,1-4H3. The number of hydrogen-bond acceptors (Lipinski definition) is 3. The van der Waals surface area contributed by atoms with Crippen LogP contribution in [-0.4, -0.2) is 47.5 Å². The molecular formula is C21H27N3O. The summed E-state index contributed by atoms with van der Waals surface area (Å²) < 4.78 is 1.83. The third-order valence-electron chi connectivity index (χ3n) is 4.69. The number of rotatable bonds is 5. The van der Waals surface area contributed by atoms with Crippen LogP contribution >= 0.6 is 0 Å². The van der Waals surface area contributed by atoms with Crippen molar-refractivity contribution in [1.82, 2.24) is 14.4 Å². The van der Waals surface area contributed by atoms with Crippen LogP contribution in [0.5, 0.6) is 0 Å². The van der Waals surface area contributed by atoms with Crippen molar-refractivity contribution in [3.63, 3.8) is 0 Å². The van der Waals surface area contributed by atoms with Gasteiger partial charge in [-0.2, -0.15) is 0 Å². The molecule has 0 atom stereocenters. The van der Waals surface area contributed by atoms with Crippen molar-refractivity contribution in [1.29, 1.82) is 0 Å². The zero-order valence-electron chi connectivity index (χ0n) is 15.6. The number of nitrogens with zero attached hydrogens (tertiary/aromatic N) is 3. The third-order valence-corrected chi connectivity index (χ3v) is 4.69. The molecule has 0 aliphatic carbocycles. The van der Waals surface area contributed by atoms with Crippen LogP contribution in [0.3, 0.4) is 0 Å². The van der Waals surface area contributed by atoms with E-state index in [-0.39, 0.29) is 5.91 Å². The first-order chi connectivity index (χ1) is 12.0. The van der Waals surface area contributed by atoms with Gasteiger partial charge in [-0.15, -0.1) is 0 Å². The van der Waals surface area contributed by atoms with E-state index in [1.807, 2.05) is 23.2 Å². The maximum Gasteiger partial charge on any atom is 0.260 e. The van der Waals surface area contributed by atoms with E-state index in [0.29, 0.717) is 6.42 Å². The van der Waals surface area contributed by atoms with Crippen LogP contribution in [0.2, 0.25) is 0 Å². The molecule has 4 nitrogen and oxygen atoms in total. The fourth-order valence-electron chi connectivity index (χ4n) is 3.23. The summed E-state index contributed by atoms with van der Waals surface area (Å²) in [5.74, 6) is 0.0766.